The lowest BCUT2D eigenvalue weighted by Gasteiger charge is -2.33. The first kappa shape index (κ1) is 16.7. The zero-order chi connectivity index (χ0) is 15.9. The number of rotatable bonds is 4. The van der Waals surface area contributed by atoms with E-state index in [-0.39, 0.29) is 5.82 Å². The third kappa shape index (κ3) is 4.68. The maximum atomic E-state index is 13.6. The minimum Gasteiger partial charge on any atom is -0.357 e. The average molecular weight is 309 g/mol. The fraction of sp³-hybridized carbons (Fsp3) is 0.588. The lowest BCUT2D eigenvalue weighted by atomic mass is 10.0. The summed E-state index contributed by atoms with van der Waals surface area (Å²) in [6.07, 6.45) is 2.83. The quantitative estimate of drug-likeness (QED) is 0.683. The Balaban J connectivity index is 1.99. The molecule has 1 atom stereocenters. The monoisotopic (exact) mass is 309 g/mol. The van der Waals surface area contributed by atoms with Crippen LogP contribution in [0.2, 0.25) is 0 Å². The molecule has 0 radical (unpaired) electrons. The molecule has 1 N–H and O–H groups in total. The SMILES string of the molecule is CCNC(=NCCc1cc(F)ccc1F)N1CCCC(C)C1. The zero-order valence-corrected chi connectivity index (χ0v) is 13.4. The van der Waals surface area contributed by atoms with Crippen LogP contribution in [0.4, 0.5) is 8.78 Å². The lowest BCUT2D eigenvalue weighted by Crippen LogP contribution is -2.46. The molecular formula is C17H25F2N3. The first-order valence-corrected chi connectivity index (χ1v) is 8.07. The highest BCUT2D eigenvalue weighted by molar-refractivity contribution is 5.80. The van der Waals surface area contributed by atoms with E-state index in [1.165, 1.54) is 25.0 Å². The van der Waals surface area contributed by atoms with Crippen molar-refractivity contribution in [2.45, 2.75) is 33.1 Å². The number of likely N-dealkylation sites (tertiary alicyclic amines) is 1. The van der Waals surface area contributed by atoms with Crippen molar-refractivity contribution in [2.75, 3.05) is 26.2 Å². The van der Waals surface area contributed by atoms with Crippen molar-refractivity contribution in [3.63, 3.8) is 0 Å². The number of guanidine groups is 1. The average Bonchev–Trinajstić information content (AvgIpc) is 2.50. The molecule has 0 saturated carbocycles. The van der Waals surface area contributed by atoms with Gasteiger partial charge >= 0.3 is 0 Å². The van der Waals surface area contributed by atoms with Crippen LogP contribution in [0.25, 0.3) is 0 Å². The molecular weight excluding hydrogens is 284 g/mol. The summed E-state index contributed by atoms with van der Waals surface area (Å²) in [5.74, 6) is 0.773. The molecule has 122 valence electrons. The Morgan fingerprint density at radius 3 is 2.95 bits per heavy atom. The van der Waals surface area contributed by atoms with Gasteiger partial charge in [-0.2, -0.15) is 0 Å². The van der Waals surface area contributed by atoms with Crippen LogP contribution in [0, 0.1) is 17.6 Å². The molecule has 0 spiro atoms. The summed E-state index contributed by atoms with van der Waals surface area (Å²) in [4.78, 5) is 6.84. The van der Waals surface area contributed by atoms with Gasteiger partial charge in [0.05, 0.1) is 0 Å². The molecule has 1 aliphatic rings. The number of halogens is 2. The molecule has 1 aromatic carbocycles. The highest BCUT2D eigenvalue weighted by Gasteiger charge is 2.19. The largest absolute Gasteiger partial charge is 0.357 e. The Kier molecular flexibility index (Phi) is 6.16. The van der Waals surface area contributed by atoms with Crippen molar-refractivity contribution in [2.24, 2.45) is 10.9 Å². The summed E-state index contributed by atoms with van der Waals surface area (Å²) in [6.45, 7) is 7.54. The second-order valence-electron chi connectivity index (χ2n) is 5.91. The highest BCUT2D eigenvalue weighted by Crippen LogP contribution is 2.15. The lowest BCUT2D eigenvalue weighted by molar-refractivity contribution is 0.266. The van der Waals surface area contributed by atoms with Crippen LogP contribution in [0.15, 0.2) is 23.2 Å². The Morgan fingerprint density at radius 2 is 2.23 bits per heavy atom. The van der Waals surface area contributed by atoms with Gasteiger partial charge in [-0.3, -0.25) is 4.99 Å². The van der Waals surface area contributed by atoms with Crippen LogP contribution in [0.3, 0.4) is 0 Å². The van der Waals surface area contributed by atoms with Gasteiger partial charge in [-0.05, 0) is 55.9 Å². The van der Waals surface area contributed by atoms with Crippen LogP contribution in [0.5, 0.6) is 0 Å². The van der Waals surface area contributed by atoms with Crippen molar-refractivity contribution in [1.82, 2.24) is 10.2 Å². The first-order valence-electron chi connectivity index (χ1n) is 8.07. The maximum absolute atomic E-state index is 13.6. The predicted octanol–water partition coefficient (Wildman–Crippen LogP) is 3.20. The Labute approximate surface area is 131 Å². The maximum Gasteiger partial charge on any atom is 0.193 e. The van der Waals surface area contributed by atoms with Crippen LogP contribution >= 0.6 is 0 Å². The number of nitrogens with zero attached hydrogens (tertiary/aromatic N) is 2. The van der Waals surface area contributed by atoms with Crippen molar-refractivity contribution in [3.05, 3.63) is 35.4 Å². The van der Waals surface area contributed by atoms with Gasteiger partial charge < -0.3 is 10.2 Å². The summed E-state index contributed by atoms with van der Waals surface area (Å²) in [6, 6.07) is 3.56. The first-order chi connectivity index (χ1) is 10.6. The molecule has 1 aromatic rings. The van der Waals surface area contributed by atoms with Gasteiger partial charge in [0.1, 0.15) is 11.6 Å². The van der Waals surface area contributed by atoms with Crippen molar-refractivity contribution < 1.29 is 8.78 Å². The summed E-state index contributed by atoms with van der Waals surface area (Å²) in [5.41, 5.74) is 0.381. The summed E-state index contributed by atoms with van der Waals surface area (Å²) >= 11 is 0. The Bertz CT molecular complexity index is 517. The van der Waals surface area contributed by atoms with Crippen molar-refractivity contribution in [1.29, 1.82) is 0 Å². The molecule has 0 amide bonds. The van der Waals surface area contributed by atoms with Gasteiger partial charge in [-0.1, -0.05) is 6.92 Å². The topological polar surface area (TPSA) is 27.6 Å². The number of nitrogens with one attached hydrogen (secondary N) is 1. The van der Waals surface area contributed by atoms with Crippen LogP contribution < -0.4 is 5.32 Å². The third-order valence-corrected chi connectivity index (χ3v) is 3.94. The summed E-state index contributed by atoms with van der Waals surface area (Å²) in [7, 11) is 0. The molecule has 22 heavy (non-hydrogen) atoms. The minimum absolute atomic E-state index is 0.367. The van der Waals surface area contributed by atoms with E-state index in [2.05, 4.69) is 22.1 Å². The van der Waals surface area contributed by atoms with E-state index < -0.39 is 5.82 Å². The third-order valence-electron chi connectivity index (χ3n) is 3.94. The molecule has 0 aliphatic carbocycles. The van der Waals surface area contributed by atoms with E-state index in [1.807, 2.05) is 6.92 Å². The number of hydrogen-bond acceptors (Lipinski definition) is 1. The summed E-state index contributed by atoms with van der Waals surface area (Å²) < 4.78 is 26.8. The van der Waals surface area contributed by atoms with E-state index in [1.54, 1.807) is 0 Å². The van der Waals surface area contributed by atoms with Gasteiger partial charge in [-0.15, -0.1) is 0 Å². The second kappa shape index (κ2) is 8.11. The van der Waals surface area contributed by atoms with Gasteiger partial charge in [0.25, 0.3) is 0 Å². The molecule has 1 saturated heterocycles. The number of hydrogen-bond donors (Lipinski definition) is 1. The van der Waals surface area contributed by atoms with Crippen LogP contribution in [0.1, 0.15) is 32.3 Å². The molecule has 0 bridgehead atoms. The van der Waals surface area contributed by atoms with Crippen molar-refractivity contribution >= 4 is 5.96 Å². The predicted molar refractivity (Wildman–Crippen MR) is 86.0 cm³/mol. The van der Waals surface area contributed by atoms with Gasteiger partial charge in [-0.25, -0.2) is 8.78 Å². The fourth-order valence-corrected chi connectivity index (χ4v) is 2.82. The zero-order valence-electron chi connectivity index (χ0n) is 13.4. The van der Waals surface area contributed by atoms with E-state index in [4.69, 9.17) is 0 Å². The molecule has 5 heteroatoms. The molecule has 1 heterocycles. The van der Waals surface area contributed by atoms with E-state index in [0.29, 0.717) is 24.4 Å². The number of piperidine rings is 1. The van der Waals surface area contributed by atoms with Crippen LogP contribution in [-0.4, -0.2) is 37.0 Å². The Morgan fingerprint density at radius 1 is 1.41 bits per heavy atom. The molecule has 1 fully saturated rings. The normalized spacial score (nSPS) is 19.4. The van der Waals surface area contributed by atoms with Crippen molar-refractivity contribution in [3.8, 4) is 0 Å². The van der Waals surface area contributed by atoms with Crippen LogP contribution in [-0.2, 0) is 6.42 Å². The minimum atomic E-state index is -0.405. The second-order valence-corrected chi connectivity index (χ2v) is 5.91. The molecule has 3 nitrogen and oxygen atoms in total. The standard InChI is InChI=1S/C17H25F2N3/c1-3-20-17(22-10-4-5-13(2)12-22)21-9-8-14-11-15(18)6-7-16(14)19/h6-7,11,13H,3-5,8-10,12H2,1-2H3,(H,20,21). The highest BCUT2D eigenvalue weighted by atomic mass is 19.1. The fourth-order valence-electron chi connectivity index (χ4n) is 2.82. The Hall–Kier alpha value is -1.65. The van der Waals surface area contributed by atoms with E-state index >= 15 is 0 Å². The number of aliphatic imine (C=N–C) groups is 1. The number of benzene rings is 1. The molecule has 1 aliphatic heterocycles. The smallest absolute Gasteiger partial charge is 0.193 e. The van der Waals surface area contributed by atoms with E-state index in [0.717, 1.165) is 31.7 Å². The van der Waals surface area contributed by atoms with Gasteiger partial charge in [0.15, 0.2) is 5.96 Å². The van der Waals surface area contributed by atoms with E-state index in [9.17, 15) is 8.78 Å². The molecule has 2 rings (SSSR count). The molecule has 0 aromatic heterocycles. The van der Waals surface area contributed by atoms with Gasteiger partial charge in [0.2, 0.25) is 0 Å². The summed E-state index contributed by atoms with van der Waals surface area (Å²) in [5, 5.41) is 3.29. The molecule has 1 unspecified atom stereocenters. The van der Waals surface area contributed by atoms with Gasteiger partial charge in [0, 0.05) is 26.2 Å².